The Kier molecular flexibility index (Phi) is 4.53. The van der Waals surface area contributed by atoms with Crippen molar-refractivity contribution in [3.8, 4) is 0 Å². The number of alkyl halides is 3. The van der Waals surface area contributed by atoms with Gasteiger partial charge in [-0.3, -0.25) is 0 Å². The molecule has 0 unspecified atom stereocenters. The van der Waals surface area contributed by atoms with Crippen LogP contribution in [0.2, 0.25) is 0 Å². The molecule has 0 spiro atoms. The first kappa shape index (κ1) is 15.8. The molecular weight excluding hydrogens is 309 g/mol. The summed E-state index contributed by atoms with van der Waals surface area (Å²) in [4.78, 5) is 0.847. The Morgan fingerprint density at radius 2 is 1.67 bits per heavy atom. The van der Waals surface area contributed by atoms with Crippen molar-refractivity contribution in [2.24, 2.45) is 5.73 Å². The Labute approximate surface area is 122 Å². The van der Waals surface area contributed by atoms with Gasteiger partial charge >= 0.3 is 6.18 Å². The van der Waals surface area contributed by atoms with Crippen molar-refractivity contribution in [1.29, 1.82) is 0 Å². The SMILES string of the molecule is NCc1cc(C(F)(F)F)ccc1Sc1ccc(F)c(F)c1. The smallest absolute Gasteiger partial charge is 0.326 e. The molecule has 0 fully saturated rings. The van der Waals surface area contributed by atoms with Gasteiger partial charge in [0.15, 0.2) is 11.6 Å². The summed E-state index contributed by atoms with van der Waals surface area (Å²) in [5.41, 5.74) is 4.95. The van der Waals surface area contributed by atoms with Crippen LogP contribution in [-0.4, -0.2) is 0 Å². The molecule has 0 amide bonds. The molecule has 0 aliphatic heterocycles. The molecule has 2 aromatic rings. The maximum Gasteiger partial charge on any atom is 0.416 e. The lowest BCUT2D eigenvalue weighted by Crippen LogP contribution is -2.07. The number of nitrogens with two attached hydrogens (primary N) is 1. The van der Waals surface area contributed by atoms with Crippen LogP contribution < -0.4 is 5.73 Å². The Bertz CT molecular complexity index is 654. The van der Waals surface area contributed by atoms with Crippen molar-refractivity contribution in [3.05, 3.63) is 59.2 Å². The van der Waals surface area contributed by atoms with Crippen LogP contribution in [0.1, 0.15) is 11.1 Å². The van der Waals surface area contributed by atoms with E-state index in [1.807, 2.05) is 0 Å². The van der Waals surface area contributed by atoms with Crippen LogP contribution in [0.3, 0.4) is 0 Å². The lowest BCUT2D eigenvalue weighted by Gasteiger charge is -2.12. The summed E-state index contributed by atoms with van der Waals surface area (Å²) in [6.45, 7) is -0.0874. The van der Waals surface area contributed by atoms with Crippen LogP contribution in [0.25, 0.3) is 0 Å². The number of rotatable bonds is 3. The molecule has 2 rings (SSSR count). The van der Waals surface area contributed by atoms with Crippen molar-refractivity contribution >= 4 is 11.8 Å². The largest absolute Gasteiger partial charge is 0.416 e. The van der Waals surface area contributed by atoms with Crippen molar-refractivity contribution < 1.29 is 22.0 Å². The maximum absolute atomic E-state index is 13.1. The van der Waals surface area contributed by atoms with Crippen molar-refractivity contribution in [1.82, 2.24) is 0 Å². The molecular formula is C14H10F5NS. The fourth-order valence-corrected chi connectivity index (χ4v) is 2.64. The monoisotopic (exact) mass is 319 g/mol. The van der Waals surface area contributed by atoms with Crippen LogP contribution >= 0.6 is 11.8 Å². The summed E-state index contributed by atoms with van der Waals surface area (Å²) >= 11 is 1.03. The number of hydrogen-bond acceptors (Lipinski definition) is 2. The van der Waals surface area contributed by atoms with Gasteiger partial charge in [0.1, 0.15) is 0 Å². The highest BCUT2D eigenvalue weighted by Crippen LogP contribution is 2.35. The van der Waals surface area contributed by atoms with Gasteiger partial charge in [-0.25, -0.2) is 8.78 Å². The molecule has 0 atom stereocenters. The lowest BCUT2D eigenvalue weighted by molar-refractivity contribution is -0.137. The molecule has 0 saturated carbocycles. The molecule has 2 N–H and O–H groups in total. The highest BCUT2D eigenvalue weighted by Gasteiger charge is 2.30. The lowest BCUT2D eigenvalue weighted by atomic mass is 10.1. The fourth-order valence-electron chi connectivity index (χ4n) is 1.68. The zero-order chi connectivity index (χ0) is 15.6. The van der Waals surface area contributed by atoms with Gasteiger partial charge in [0.2, 0.25) is 0 Å². The molecule has 0 aliphatic carbocycles. The number of benzene rings is 2. The highest BCUT2D eigenvalue weighted by molar-refractivity contribution is 7.99. The van der Waals surface area contributed by atoms with E-state index in [1.165, 1.54) is 12.1 Å². The topological polar surface area (TPSA) is 26.0 Å². The molecule has 0 saturated heterocycles. The first-order chi connectivity index (χ1) is 9.81. The second-order valence-electron chi connectivity index (χ2n) is 4.20. The van der Waals surface area contributed by atoms with Crippen molar-refractivity contribution in [2.45, 2.75) is 22.5 Å². The van der Waals surface area contributed by atoms with Crippen LogP contribution in [0.5, 0.6) is 0 Å². The van der Waals surface area contributed by atoms with E-state index >= 15 is 0 Å². The number of halogens is 5. The maximum atomic E-state index is 13.1. The summed E-state index contributed by atoms with van der Waals surface area (Å²) in [6, 6.07) is 6.46. The van der Waals surface area contributed by atoms with E-state index in [-0.39, 0.29) is 6.54 Å². The minimum Gasteiger partial charge on any atom is -0.326 e. The van der Waals surface area contributed by atoms with Gasteiger partial charge in [-0.1, -0.05) is 11.8 Å². The Balaban J connectivity index is 2.33. The molecule has 0 aliphatic rings. The Morgan fingerprint density at radius 1 is 0.952 bits per heavy atom. The molecule has 0 radical (unpaired) electrons. The third-order valence-electron chi connectivity index (χ3n) is 2.73. The minimum atomic E-state index is -4.45. The van der Waals surface area contributed by atoms with Crippen molar-refractivity contribution in [3.63, 3.8) is 0 Å². The van der Waals surface area contributed by atoms with E-state index in [9.17, 15) is 22.0 Å². The third kappa shape index (κ3) is 3.74. The van der Waals surface area contributed by atoms with Crippen LogP contribution in [0.15, 0.2) is 46.2 Å². The fraction of sp³-hybridized carbons (Fsp3) is 0.143. The molecule has 0 bridgehead atoms. The quantitative estimate of drug-likeness (QED) is 0.837. The first-order valence-corrected chi connectivity index (χ1v) is 6.66. The molecule has 1 nitrogen and oxygen atoms in total. The van der Waals surface area contributed by atoms with Crippen molar-refractivity contribution in [2.75, 3.05) is 0 Å². The van der Waals surface area contributed by atoms with E-state index in [4.69, 9.17) is 5.73 Å². The zero-order valence-electron chi connectivity index (χ0n) is 10.5. The Hall–Kier alpha value is -1.60. The zero-order valence-corrected chi connectivity index (χ0v) is 11.4. The summed E-state index contributed by atoms with van der Waals surface area (Å²) in [5, 5.41) is 0. The van der Waals surface area contributed by atoms with Gasteiger partial charge in [-0.15, -0.1) is 0 Å². The third-order valence-corrected chi connectivity index (χ3v) is 3.83. The predicted molar refractivity (Wildman–Crippen MR) is 69.8 cm³/mol. The average molecular weight is 319 g/mol. The molecule has 112 valence electrons. The van der Waals surface area contributed by atoms with E-state index < -0.39 is 23.4 Å². The molecule has 7 heteroatoms. The average Bonchev–Trinajstić information content (AvgIpc) is 2.42. The summed E-state index contributed by atoms with van der Waals surface area (Å²) in [5.74, 6) is -1.99. The first-order valence-electron chi connectivity index (χ1n) is 5.84. The minimum absolute atomic E-state index is 0.0874. The molecule has 0 aromatic heterocycles. The molecule has 2 aromatic carbocycles. The van der Waals surface area contributed by atoms with Gasteiger partial charge in [0.25, 0.3) is 0 Å². The van der Waals surface area contributed by atoms with E-state index in [0.717, 1.165) is 36.0 Å². The van der Waals surface area contributed by atoms with Gasteiger partial charge in [-0.05, 0) is 42.0 Å². The predicted octanol–water partition coefficient (Wildman–Crippen LogP) is 4.59. The summed E-state index contributed by atoms with van der Waals surface area (Å²) in [6.07, 6.45) is -4.45. The highest BCUT2D eigenvalue weighted by atomic mass is 32.2. The summed E-state index contributed by atoms with van der Waals surface area (Å²) in [7, 11) is 0. The van der Waals surface area contributed by atoms with Crippen LogP contribution in [0, 0.1) is 11.6 Å². The number of hydrogen-bond donors (Lipinski definition) is 1. The molecule has 21 heavy (non-hydrogen) atoms. The van der Waals surface area contributed by atoms with E-state index in [0.29, 0.717) is 15.4 Å². The van der Waals surface area contributed by atoms with Gasteiger partial charge in [0.05, 0.1) is 5.56 Å². The van der Waals surface area contributed by atoms with Gasteiger partial charge in [-0.2, -0.15) is 13.2 Å². The van der Waals surface area contributed by atoms with E-state index in [1.54, 1.807) is 0 Å². The summed E-state index contributed by atoms with van der Waals surface area (Å²) < 4.78 is 63.8. The standard InChI is InChI=1S/C14H10F5NS/c15-11-3-2-10(6-12(11)16)21-13-4-1-9(14(17,18)19)5-8(13)7-20/h1-6H,7,20H2. The molecule has 0 heterocycles. The second-order valence-corrected chi connectivity index (χ2v) is 5.32. The van der Waals surface area contributed by atoms with Gasteiger partial charge < -0.3 is 5.73 Å². The van der Waals surface area contributed by atoms with Gasteiger partial charge in [0, 0.05) is 16.3 Å². The second kappa shape index (κ2) is 6.03. The normalized spacial score (nSPS) is 11.7. The van der Waals surface area contributed by atoms with Crippen LogP contribution in [-0.2, 0) is 12.7 Å². The van der Waals surface area contributed by atoms with Crippen LogP contribution in [0.4, 0.5) is 22.0 Å². The van der Waals surface area contributed by atoms with E-state index in [2.05, 4.69) is 0 Å². The Morgan fingerprint density at radius 3 is 2.24 bits per heavy atom.